The fraction of sp³-hybridized carbons (Fsp3) is 0.571. The predicted octanol–water partition coefficient (Wildman–Crippen LogP) is 2.90. The molecule has 2 unspecified atom stereocenters. The van der Waals surface area contributed by atoms with E-state index in [2.05, 4.69) is 6.92 Å². The van der Waals surface area contributed by atoms with Crippen LogP contribution in [-0.2, 0) is 4.74 Å². The molecule has 0 saturated heterocycles. The van der Waals surface area contributed by atoms with Crippen LogP contribution in [0.2, 0.25) is 0 Å². The zero-order valence-electron chi connectivity index (χ0n) is 11.0. The van der Waals surface area contributed by atoms with Gasteiger partial charge in [-0.25, -0.2) is 0 Å². The van der Waals surface area contributed by atoms with Crippen molar-refractivity contribution in [2.75, 3.05) is 13.7 Å². The lowest BCUT2D eigenvalue weighted by atomic mass is 10.0. The van der Waals surface area contributed by atoms with Gasteiger partial charge in [0.05, 0.1) is 12.7 Å². The van der Waals surface area contributed by atoms with Crippen LogP contribution in [-0.4, -0.2) is 19.8 Å². The molecule has 0 amide bonds. The first kappa shape index (κ1) is 14.0. The molecule has 17 heavy (non-hydrogen) atoms. The van der Waals surface area contributed by atoms with Crippen molar-refractivity contribution in [1.82, 2.24) is 0 Å². The topological polar surface area (TPSA) is 44.5 Å². The zero-order valence-corrected chi connectivity index (χ0v) is 11.0. The molecule has 1 rings (SSSR count). The van der Waals surface area contributed by atoms with Crippen LogP contribution in [0.25, 0.3) is 0 Å². The Bertz CT molecular complexity index is 328. The average Bonchev–Trinajstić information content (AvgIpc) is 2.36. The highest BCUT2D eigenvalue weighted by atomic mass is 16.5. The summed E-state index contributed by atoms with van der Waals surface area (Å²) in [5.41, 5.74) is 7.27. The maximum absolute atomic E-state index is 6.19. The molecule has 0 aliphatic carbocycles. The third-order valence-electron chi connectivity index (χ3n) is 2.90. The van der Waals surface area contributed by atoms with Crippen LogP contribution >= 0.6 is 0 Å². The van der Waals surface area contributed by atoms with Crippen LogP contribution in [0.15, 0.2) is 24.3 Å². The van der Waals surface area contributed by atoms with Gasteiger partial charge in [0.1, 0.15) is 5.75 Å². The molecule has 2 atom stereocenters. The number of rotatable bonds is 7. The van der Waals surface area contributed by atoms with Crippen molar-refractivity contribution in [1.29, 1.82) is 0 Å². The van der Waals surface area contributed by atoms with E-state index in [9.17, 15) is 0 Å². The number of benzene rings is 1. The van der Waals surface area contributed by atoms with Crippen molar-refractivity contribution < 1.29 is 9.47 Å². The first-order chi connectivity index (χ1) is 8.19. The Labute approximate surface area is 104 Å². The number of hydrogen-bond acceptors (Lipinski definition) is 3. The van der Waals surface area contributed by atoms with Gasteiger partial charge in [-0.1, -0.05) is 18.2 Å². The molecule has 0 heterocycles. The maximum Gasteiger partial charge on any atom is 0.124 e. The summed E-state index contributed by atoms with van der Waals surface area (Å²) in [5.74, 6) is 0.896. The number of methoxy groups -OCH3 is 1. The molecule has 1 aromatic carbocycles. The van der Waals surface area contributed by atoms with E-state index < -0.39 is 0 Å². The highest BCUT2D eigenvalue weighted by Gasteiger charge is 2.12. The third kappa shape index (κ3) is 4.36. The lowest BCUT2D eigenvalue weighted by molar-refractivity contribution is 0.107. The van der Waals surface area contributed by atoms with Crippen molar-refractivity contribution in [2.45, 2.75) is 38.8 Å². The number of ether oxygens (including phenoxy) is 2. The second-order valence-electron chi connectivity index (χ2n) is 4.20. The summed E-state index contributed by atoms with van der Waals surface area (Å²) in [5, 5.41) is 0. The largest absolute Gasteiger partial charge is 0.494 e. The minimum atomic E-state index is 0.00958. The Hall–Kier alpha value is -1.06. The molecule has 3 nitrogen and oxygen atoms in total. The third-order valence-corrected chi connectivity index (χ3v) is 2.90. The minimum Gasteiger partial charge on any atom is -0.494 e. The monoisotopic (exact) mass is 237 g/mol. The van der Waals surface area contributed by atoms with Gasteiger partial charge < -0.3 is 15.2 Å². The highest BCUT2D eigenvalue weighted by molar-refractivity contribution is 5.35. The van der Waals surface area contributed by atoms with Crippen LogP contribution in [0.4, 0.5) is 0 Å². The normalized spacial score (nSPS) is 14.4. The fourth-order valence-corrected chi connectivity index (χ4v) is 1.76. The molecule has 0 aliphatic rings. The summed E-state index contributed by atoms with van der Waals surface area (Å²) in [6, 6.07) is 7.98. The zero-order chi connectivity index (χ0) is 12.7. The molecule has 3 heteroatoms. The van der Waals surface area contributed by atoms with Crippen LogP contribution < -0.4 is 10.5 Å². The Kier molecular flexibility index (Phi) is 6.01. The van der Waals surface area contributed by atoms with Gasteiger partial charge in [-0.05, 0) is 32.8 Å². The summed E-state index contributed by atoms with van der Waals surface area (Å²) >= 11 is 0. The Morgan fingerprint density at radius 1 is 1.24 bits per heavy atom. The van der Waals surface area contributed by atoms with Crippen molar-refractivity contribution in [3.05, 3.63) is 29.8 Å². The Balaban J connectivity index is 2.64. The number of para-hydroxylation sites is 1. The molecule has 0 radical (unpaired) electrons. The minimum absolute atomic E-state index is 0.00958. The highest BCUT2D eigenvalue weighted by Crippen LogP contribution is 2.26. The molecule has 0 aromatic heterocycles. The van der Waals surface area contributed by atoms with Gasteiger partial charge in [0.15, 0.2) is 0 Å². The van der Waals surface area contributed by atoms with Crippen molar-refractivity contribution in [3.8, 4) is 5.75 Å². The summed E-state index contributed by atoms with van der Waals surface area (Å²) in [7, 11) is 1.73. The van der Waals surface area contributed by atoms with Crippen molar-refractivity contribution >= 4 is 0 Å². The maximum atomic E-state index is 6.19. The van der Waals surface area contributed by atoms with Gasteiger partial charge in [-0.3, -0.25) is 0 Å². The van der Waals surface area contributed by atoms with E-state index in [-0.39, 0.29) is 12.1 Å². The van der Waals surface area contributed by atoms with Crippen LogP contribution in [0.5, 0.6) is 5.75 Å². The average molecular weight is 237 g/mol. The van der Waals surface area contributed by atoms with Gasteiger partial charge >= 0.3 is 0 Å². The summed E-state index contributed by atoms with van der Waals surface area (Å²) in [6.45, 7) is 4.70. The van der Waals surface area contributed by atoms with E-state index in [1.54, 1.807) is 7.11 Å². The lowest BCUT2D eigenvalue weighted by Gasteiger charge is -2.18. The smallest absolute Gasteiger partial charge is 0.124 e. The lowest BCUT2D eigenvalue weighted by Crippen LogP contribution is -2.15. The van der Waals surface area contributed by atoms with E-state index in [0.29, 0.717) is 6.61 Å². The molecule has 0 spiro atoms. The van der Waals surface area contributed by atoms with Gasteiger partial charge in [0.25, 0.3) is 0 Å². The van der Waals surface area contributed by atoms with Gasteiger partial charge in [0, 0.05) is 18.7 Å². The van der Waals surface area contributed by atoms with Gasteiger partial charge in [0.2, 0.25) is 0 Å². The van der Waals surface area contributed by atoms with E-state index in [0.717, 1.165) is 24.2 Å². The second-order valence-corrected chi connectivity index (χ2v) is 4.20. The van der Waals surface area contributed by atoms with Crippen LogP contribution in [0, 0.1) is 0 Å². The van der Waals surface area contributed by atoms with E-state index in [1.807, 2.05) is 31.2 Å². The molecule has 1 aromatic rings. The van der Waals surface area contributed by atoms with Gasteiger partial charge in [-0.2, -0.15) is 0 Å². The number of hydrogen-bond donors (Lipinski definition) is 1. The SMILES string of the molecule is CCOc1ccccc1C(N)CCC(C)OC. The molecular weight excluding hydrogens is 214 g/mol. The predicted molar refractivity (Wildman–Crippen MR) is 70.2 cm³/mol. The van der Waals surface area contributed by atoms with Crippen LogP contribution in [0.3, 0.4) is 0 Å². The van der Waals surface area contributed by atoms with Crippen LogP contribution in [0.1, 0.15) is 38.3 Å². The van der Waals surface area contributed by atoms with E-state index in [1.165, 1.54) is 0 Å². The Morgan fingerprint density at radius 3 is 2.59 bits per heavy atom. The van der Waals surface area contributed by atoms with E-state index in [4.69, 9.17) is 15.2 Å². The molecule has 96 valence electrons. The summed E-state index contributed by atoms with van der Waals surface area (Å²) in [6.07, 6.45) is 2.11. The molecule has 0 bridgehead atoms. The van der Waals surface area contributed by atoms with Crippen molar-refractivity contribution in [2.24, 2.45) is 5.73 Å². The summed E-state index contributed by atoms with van der Waals surface area (Å²) < 4.78 is 10.8. The Morgan fingerprint density at radius 2 is 1.94 bits per heavy atom. The standard InChI is InChI=1S/C14H23NO2/c1-4-17-14-8-6-5-7-12(14)13(15)10-9-11(2)16-3/h5-8,11,13H,4,9-10,15H2,1-3H3. The summed E-state index contributed by atoms with van der Waals surface area (Å²) in [4.78, 5) is 0. The number of nitrogens with two attached hydrogens (primary N) is 1. The van der Waals surface area contributed by atoms with Gasteiger partial charge in [-0.15, -0.1) is 0 Å². The second kappa shape index (κ2) is 7.30. The molecule has 0 fully saturated rings. The molecular formula is C14H23NO2. The van der Waals surface area contributed by atoms with E-state index >= 15 is 0 Å². The first-order valence-electron chi connectivity index (χ1n) is 6.19. The fourth-order valence-electron chi connectivity index (χ4n) is 1.76. The van der Waals surface area contributed by atoms with Crippen molar-refractivity contribution in [3.63, 3.8) is 0 Å². The molecule has 0 aliphatic heterocycles. The molecule has 0 saturated carbocycles. The quantitative estimate of drug-likeness (QED) is 0.793. The first-order valence-corrected chi connectivity index (χ1v) is 6.19. The molecule has 2 N–H and O–H groups in total.